The topological polar surface area (TPSA) is 76.8 Å². The van der Waals surface area contributed by atoms with Gasteiger partial charge >= 0.3 is 0 Å². The van der Waals surface area contributed by atoms with E-state index >= 15 is 0 Å². The highest BCUT2D eigenvalue weighted by Crippen LogP contribution is 2.39. The van der Waals surface area contributed by atoms with Crippen LogP contribution >= 0.6 is 0 Å². The van der Waals surface area contributed by atoms with Gasteiger partial charge in [0, 0.05) is 23.3 Å². The Morgan fingerprint density at radius 2 is 1.68 bits per heavy atom. The standard InChI is InChI=1S/C19H13N3O3/c23-22(24)15-9-4-8-14(12-15)19-20-18-16(13-6-2-1-3-7-13)10-5-11-17(18)25-21-19/h1-12H,(H,20,21). The van der Waals surface area contributed by atoms with Crippen molar-refractivity contribution in [3.63, 3.8) is 0 Å². The summed E-state index contributed by atoms with van der Waals surface area (Å²) in [6.07, 6.45) is 0. The first-order valence-electron chi connectivity index (χ1n) is 7.67. The SMILES string of the molecule is O=[N+]([O-])c1cccc(C2=Nc3c(cccc3-c3ccccc3)ON2)c1. The van der Waals surface area contributed by atoms with Gasteiger partial charge in [-0.05, 0) is 11.6 Å². The summed E-state index contributed by atoms with van der Waals surface area (Å²) in [4.78, 5) is 20.8. The Labute approximate surface area is 143 Å². The van der Waals surface area contributed by atoms with Crippen molar-refractivity contribution in [2.75, 3.05) is 0 Å². The van der Waals surface area contributed by atoms with E-state index in [1.807, 2.05) is 48.5 Å². The summed E-state index contributed by atoms with van der Waals surface area (Å²) in [6.45, 7) is 0. The Balaban J connectivity index is 1.82. The first kappa shape index (κ1) is 14.9. The Bertz CT molecular complexity index is 984. The van der Waals surface area contributed by atoms with Crippen molar-refractivity contribution in [1.82, 2.24) is 5.48 Å². The van der Waals surface area contributed by atoms with E-state index in [-0.39, 0.29) is 5.69 Å². The lowest BCUT2D eigenvalue weighted by molar-refractivity contribution is -0.384. The van der Waals surface area contributed by atoms with Crippen LogP contribution in [0, 0.1) is 10.1 Å². The van der Waals surface area contributed by atoms with E-state index in [1.54, 1.807) is 12.1 Å². The van der Waals surface area contributed by atoms with Crippen LogP contribution < -0.4 is 10.3 Å². The second kappa shape index (κ2) is 6.09. The number of nitro groups is 1. The highest BCUT2D eigenvalue weighted by atomic mass is 16.7. The number of para-hydroxylation sites is 1. The summed E-state index contributed by atoms with van der Waals surface area (Å²) in [6, 6.07) is 21.8. The average molecular weight is 331 g/mol. The van der Waals surface area contributed by atoms with Crippen molar-refractivity contribution in [3.8, 4) is 16.9 Å². The maximum atomic E-state index is 11.0. The van der Waals surface area contributed by atoms with E-state index in [9.17, 15) is 10.1 Å². The fourth-order valence-corrected chi connectivity index (χ4v) is 2.70. The molecule has 4 rings (SSSR count). The summed E-state index contributed by atoms with van der Waals surface area (Å²) in [5.74, 6) is 1.04. The summed E-state index contributed by atoms with van der Waals surface area (Å²) in [5, 5.41) is 11.0. The van der Waals surface area contributed by atoms with Crippen LogP contribution in [0.4, 0.5) is 11.4 Å². The number of nitrogens with zero attached hydrogens (tertiary/aromatic N) is 2. The van der Waals surface area contributed by atoms with Crippen molar-refractivity contribution in [1.29, 1.82) is 0 Å². The van der Waals surface area contributed by atoms with Crippen molar-refractivity contribution in [3.05, 3.63) is 88.5 Å². The number of hydrogen-bond acceptors (Lipinski definition) is 5. The molecule has 0 fully saturated rings. The average Bonchev–Trinajstić information content (AvgIpc) is 2.68. The molecule has 0 bridgehead atoms. The van der Waals surface area contributed by atoms with E-state index in [0.717, 1.165) is 11.1 Å². The Morgan fingerprint density at radius 1 is 0.920 bits per heavy atom. The van der Waals surface area contributed by atoms with E-state index in [2.05, 4.69) is 10.5 Å². The normalized spacial score (nSPS) is 12.4. The van der Waals surface area contributed by atoms with Crippen molar-refractivity contribution < 1.29 is 9.76 Å². The first-order valence-corrected chi connectivity index (χ1v) is 7.67. The molecule has 3 aromatic carbocycles. The third-order valence-corrected chi connectivity index (χ3v) is 3.90. The molecule has 0 atom stereocenters. The molecule has 1 N–H and O–H groups in total. The molecule has 3 aromatic rings. The van der Waals surface area contributed by atoms with Gasteiger partial charge in [0.05, 0.1) is 4.92 Å². The molecule has 0 aliphatic carbocycles. The second-order valence-corrected chi connectivity index (χ2v) is 5.49. The highest BCUT2D eigenvalue weighted by Gasteiger charge is 2.19. The van der Waals surface area contributed by atoms with Crippen LogP contribution in [-0.2, 0) is 0 Å². The smallest absolute Gasteiger partial charge is 0.270 e. The molecule has 0 radical (unpaired) electrons. The van der Waals surface area contributed by atoms with Crippen LogP contribution in [0.2, 0.25) is 0 Å². The lowest BCUT2D eigenvalue weighted by atomic mass is 10.0. The molecule has 6 nitrogen and oxygen atoms in total. The number of rotatable bonds is 3. The second-order valence-electron chi connectivity index (χ2n) is 5.49. The predicted molar refractivity (Wildman–Crippen MR) is 94.9 cm³/mol. The summed E-state index contributed by atoms with van der Waals surface area (Å²) in [7, 11) is 0. The number of fused-ring (bicyclic) bond motifs is 1. The molecular formula is C19H13N3O3. The van der Waals surface area contributed by atoms with Crippen molar-refractivity contribution in [2.45, 2.75) is 0 Å². The van der Waals surface area contributed by atoms with Crippen molar-refractivity contribution >= 4 is 17.2 Å². The zero-order valence-corrected chi connectivity index (χ0v) is 13.0. The zero-order valence-electron chi connectivity index (χ0n) is 13.0. The molecule has 0 saturated carbocycles. The number of benzene rings is 3. The Hall–Kier alpha value is -3.67. The number of hydrogen-bond donors (Lipinski definition) is 1. The Morgan fingerprint density at radius 3 is 2.48 bits per heavy atom. The van der Waals surface area contributed by atoms with Gasteiger partial charge in [0.25, 0.3) is 5.69 Å². The van der Waals surface area contributed by atoms with E-state index in [1.165, 1.54) is 12.1 Å². The van der Waals surface area contributed by atoms with Crippen LogP contribution in [0.3, 0.4) is 0 Å². The van der Waals surface area contributed by atoms with E-state index in [0.29, 0.717) is 22.8 Å². The fourth-order valence-electron chi connectivity index (χ4n) is 2.70. The molecule has 1 aliphatic heterocycles. The van der Waals surface area contributed by atoms with Crippen molar-refractivity contribution in [2.24, 2.45) is 4.99 Å². The monoisotopic (exact) mass is 331 g/mol. The predicted octanol–water partition coefficient (Wildman–Crippen LogP) is 4.24. The van der Waals surface area contributed by atoms with E-state index < -0.39 is 4.92 Å². The third-order valence-electron chi connectivity index (χ3n) is 3.90. The lowest BCUT2D eigenvalue weighted by Crippen LogP contribution is -2.30. The third kappa shape index (κ3) is 2.81. The highest BCUT2D eigenvalue weighted by molar-refractivity contribution is 6.02. The molecule has 0 saturated heterocycles. The molecule has 0 unspecified atom stereocenters. The van der Waals surface area contributed by atoms with Crippen LogP contribution in [-0.4, -0.2) is 10.8 Å². The number of nitro benzene ring substituents is 1. The maximum Gasteiger partial charge on any atom is 0.270 e. The molecule has 6 heteroatoms. The number of non-ortho nitro benzene ring substituents is 1. The molecule has 0 amide bonds. The zero-order chi connectivity index (χ0) is 17.2. The van der Waals surface area contributed by atoms with Crippen LogP contribution in [0.25, 0.3) is 11.1 Å². The van der Waals surface area contributed by atoms with Gasteiger partial charge in [0.15, 0.2) is 11.6 Å². The molecular weight excluding hydrogens is 318 g/mol. The maximum absolute atomic E-state index is 11.0. The number of amidine groups is 1. The minimum absolute atomic E-state index is 0.00383. The van der Waals surface area contributed by atoms with E-state index in [4.69, 9.17) is 4.84 Å². The van der Waals surface area contributed by atoms with Crippen LogP contribution in [0.5, 0.6) is 5.75 Å². The van der Waals surface area contributed by atoms with Crippen LogP contribution in [0.1, 0.15) is 5.56 Å². The molecule has 1 aliphatic rings. The molecule has 25 heavy (non-hydrogen) atoms. The number of nitrogens with one attached hydrogen (secondary N) is 1. The van der Waals surface area contributed by atoms with Gasteiger partial charge in [-0.25, -0.2) is 10.5 Å². The quantitative estimate of drug-likeness (QED) is 0.575. The summed E-state index contributed by atoms with van der Waals surface area (Å²) in [5.41, 5.74) is 6.00. The fraction of sp³-hybridized carbons (Fsp3) is 0. The van der Waals surface area contributed by atoms with Gasteiger partial charge in [0.1, 0.15) is 5.69 Å². The van der Waals surface area contributed by atoms with Gasteiger partial charge in [-0.1, -0.05) is 54.6 Å². The molecule has 0 spiro atoms. The summed E-state index contributed by atoms with van der Waals surface area (Å²) >= 11 is 0. The first-order chi connectivity index (χ1) is 12.2. The van der Waals surface area contributed by atoms with Gasteiger partial charge in [-0.15, -0.1) is 0 Å². The van der Waals surface area contributed by atoms with Gasteiger partial charge in [0.2, 0.25) is 0 Å². The Kier molecular flexibility index (Phi) is 3.63. The minimum atomic E-state index is -0.433. The minimum Gasteiger partial charge on any atom is -0.378 e. The number of aliphatic imine (C=N–C) groups is 1. The van der Waals surface area contributed by atoms with Gasteiger partial charge < -0.3 is 4.84 Å². The summed E-state index contributed by atoms with van der Waals surface area (Å²) < 4.78 is 0. The largest absolute Gasteiger partial charge is 0.378 e. The molecule has 122 valence electrons. The molecule has 0 aromatic heterocycles. The number of hydroxylamine groups is 1. The van der Waals surface area contributed by atoms with Gasteiger partial charge in [-0.3, -0.25) is 10.1 Å². The van der Waals surface area contributed by atoms with Crippen LogP contribution in [0.15, 0.2) is 77.8 Å². The van der Waals surface area contributed by atoms with Gasteiger partial charge in [-0.2, -0.15) is 0 Å². The lowest BCUT2D eigenvalue weighted by Gasteiger charge is -2.20. The molecule has 1 heterocycles.